The van der Waals surface area contributed by atoms with Crippen molar-refractivity contribution in [2.45, 2.75) is 53.2 Å². The minimum absolute atomic E-state index is 0.134. The quantitative estimate of drug-likeness (QED) is 0.279. The zero-order valence-electron chi connectivity index (χ0n) is 22.3. The van der Waals surface area contributed by atoms with Gasteiger partial charge in [0.1, 0.15) is 22.8 Å². The summed E-state index contributed by atoms with van der Waals surface area (Å²) in [4.78, 5) is 26.1. The summed E-state index contributed by atoms with van der Waals surface area (Å²) in [5, 5.41) is 12.2. The molecular formula is C30H30N4O4. The third-order valence-corrected chi connectivity index (χ3v) is 6.25. The van der Waals surface area contributed by atoms with Crippen LogP contribution in [0, 0.1) is 13.8 Å². The second-order valence-corrected chi connectivity index (χ2v) is 10.5. The molecule has 0 aliphatic heterocycles. The van der Waals surface area contributed by atoms with Gasteiger partial charge in [-0.15, -0.1) is 10.2 Å². The number of hydrogen-bond donors (Lipinski definition) is 1. The number of para-hydroxylation sites is 1. The molecule has 3 aromatic heterocycles. The molecule has 1 N–H and O–H groups in total. The van der Waals surface area contributed by atoms with E-state index in [9.17, 15) is 9.59 Å². The van der Waals surface area contributed by atoms with E-state index in [1.807, 2.05) is 88.5 Å². The van der Waals surface area contributed by atoms with E-state index < -0.39 is 11.6 Å². The number of carbonyl (C=O) groups excluding carboxylic acids is 1. The number of rotatable bonds is 5. The Morgan fingerprint density at radius 1 is 1.05 bits per heavy atom. The smallest absolute Gasteiger partial charge is 0.340 e. The molecule has 0 bridgehead atoms. The number of pyridine rings is 1. The molecule has 0 saturated carbocycles. The van der Waals surface area contributed by atoms with Crippen molar-refractivity contribution in [3.8, 4) is 11.3 Å². The van der Waals surface area contributed by atoms with Crippen molar-refractivity contribution in [2.24, 2.45) is 0 Å². The highest BCUT2D eigenvalue weighted by Crippen LogP contribution is 2.32. The van der Waals surface area contributed by atoms with E-state index in [4.69, 9.17) is 9.15 Å². The monoisotopic (exact) mass is 510 g/mol. The second-order valence-electron chi connectivity index (χ2n) is 10.5. The topological polar surface area (TPSA) is 98.7 Å². The molecule has 1 atom stereocenters. The summed E-state index contributed by atoms with van der Waals surface area (Å²) in [7, 11) is 0. The summed E-state index contributed by atoms with van der Waals surface area (Å²) in [5.74, 6) is 0.808. The first-order chi connectivity index (χ1) is 18.0. The predicted molar refractivity (Wildman–Crippen MR) is 148 cm³/mol. The SMILES string of the molecule is Cc1cc(C(C)Nc2ccccc2C(=O)OC(C)(C)C)c2oc(-c3ccn4c(C)nnc4c3)cc(=O)c2c1. The number of benzene rings is 2. The Morgan fingerprint density at radius 2 is 1.82 bits per heavy atom. The van der Waals surface area contributed by atoms with Crippen LogP contribution in [0.3, 0.4) is 0 Å². The van der Waals surface area contributed by atoms with E-state index in [0.29, 0.717) is 33.6 Å². The van der Waals surface area contributed by atoms with Gasteiger partial charge in [-0.2, -0.15) is 0 Å². The first kappa shape index (κ1) is 25.2. The van der Waals surface area contributed by atoms with Gasteiger partial charge in [-0.1, -0.05) is 18.2 Å². The number of esters is 1. The van der Waals surface area contributed by atoms with Gasteiger partial charge in [0.15, 0.2) is 11.1 Å². The lowest BCUT2D eigenvalue weighted by atomic mass is 10.00. The van der Waals surface area contributed by atoms with Crippen molar-refractivity contribution in [3.63, 3.8) is 0 Å². The van der Waals surface area contributed by atoms with Gasteiger partial charge in [0.25, 0.3) is 0 Å². The van der Waals surface area contributed by atoms with Crippen LogP contribution in [0.25, 0.3) is 27.9 Å². The minimum Gasteiger partial charge on any atom is -0.456 e. The van der Waals surface area contributed by atoms with E-state index in [2.05, 4.69) is 15.5 Å². The Labute approximate surface area is 220 Å². The number of ether oxygens (including phenoxy) is 1. The molecule has 3 heterocycles. The Morgan fingerprint density at radius 3 is 2.58 bits per heavy atom. The molecule has 0 amide bonds. The van der Waals surface area contributed by atoms with E-state index >= 15 is 0 Å². The van der Waals surface area contributed by atoms with Crippen LogP contribution in [0.5, 0.6) is 0 Å². The van der Waals surface area contributed by atoms with Crippen LogP contribution in [0.15, 0.2) is 70.0 Å². The highest BCUT2D eigenvalue weighted by Gasteiger charge is 2.22. The maximum absolute atomic E-state index is 13.2. The van der Waals surface area contributed by atoms with Crippen molar-refractivity contribution in [3.05, 3.63) is 93.5 Å². The number of fused-ring (bicyclic) bond motifs is 2. The number of aromatic nitrogens is 3. The highest BCUT2D eigenvalue weighted by atomic mass is 16.6. The standard InChI is InChI=1S/C30H30N4O4/c1-17-13-22(18(2)31-24-10-8-7-9-21(24)29(36)38-30(4,5)6)28-23(14-17)25(35)16-26(37-28)20-11-12-34-19(3)32-33-27(34)15-20/h7-16,18,31H,1-6H3. The Kier molecular flexibility index (Phi) is 6.26. The fourth-order valence-electron chi connectivity index (χ4n) is 4.49. The van der Waals surface area contributed by atoms with Gasteiger partial charge in [0.05, 0.1) is 17.0 Å². The predicted octanol–water partition coefficient (Wildman–Crippen LogP) is 6.25. The normalized spacial score (nSPS) is 12.6. The zero-order valence-corrected chi connectivity index (χ0v) is 22.3. The second kappa shape index (κ2) is 9.45. The van der Waals surface area contributed by atoms with Crippen LogP contribution < -0.4 is 10.7 Å². The highest BCUT2D eigenvalue weighted by molar-refractivity contribution is 5.96. The molecule has 8 heteroatoms. The first-order valence-electron chi connectivity index (χ1n) is 12.5. The van der Waals surface area contributed by atoms with Gasteiger partial charge in [-0.25, -0.2) is 4.79 Å². The number of nitrogens with one attached hydrogen (secondary N) is 1. The minimum atomic E-state index is -0.615. The third kappa shape index (κ3) is 4.89. The zero-order chi connectivity index (χ0) is 27.2. The fourth-order valence-corrected chi connectivity index (χ4v) is 4.49. The van der Waals surface area contributed by atoms with Crippen LogP contribution in [-0.4, -0.2) is 26.2 Å². The molecule has 194 valence electrons. The molecule has 0 radical (unpaired) electrons. The Hall–Kier alpha value is -4.46. The molecule has 1 unspecified atom stereocenters. The molecule has 0 aliphatic rings. The Balaban J connectivity index is 1.57. The Bertz CT molecular complexity index is 1740. The maximum Gasteiger partial charge on any atom is 0.340 e. The van der Waals surface area contributed by atoms with Gasteiger partial charge in [-0.05, 0) is 77.4 Å². The maximum atomic E-state index is 13.2. The van der Waals surface area contributed by atoms with Crippen LogP contribution in [-0.2, 0) is 4.74 Å². The van der Waals surface area contributed by atoms with E-state index in [1.165, 1.54) is 6.07 Å². The summed E-state index contributed by atoms with van der Waals surface area (Å²) in [6.45, 7) is 11.3. The summed E-state index contributed by atoms with van der Waals surface area (Å²) < 4.78 is 13.9. The molecule has 5 rings (SSSR count). The van der Waals surface area contributed by atoms with Crippen LogP contribution in [0.2, 0.25) is 0 Å². The first-order valence-corrected chi connectivity index (χ1v) is 12.5. The number of nitrogens with zero attached hydrogens (tertiary/aromatic N) is 3. The molecule has 2 aromatic carbocycles. The number of hydrogen-bond acceptors (Lipinski definition) is 7. The molecular weight excluding hydrogens is 480 g/mol. The van der Waals surface area contributed by atoms with E-state index in [0.717, 1.165) is 22.5 Å². The van der Waals surface area contributed by atoms with Crippen molar-refractivity contribution >= 4 is 28.3 Å². The van der Waals surface area contributed by atoms with Crippen molar-refractivity contribution in [1.29, 1.82) is 0 Å². The van der Waals surface area contributed by atoms with E-state index in [1.54, 1.807) is 12.1 Å². The van der Waals surface area contributed by atoms with Crippen LogP contribution in [0.4, 0.5) is 5.69 Å². The van der Waals surface area contributed by atoms with Crippen molar-refractivity contribution in [2.75, 3.05) is 5.32 Å². The average molecular weight is 511 g/mol. The molecule has 5 aromatic rings. The molecule has 0 spiro atoms. The van der Waals surface area contributed by atoms with Gasteiger partial charge < -0.3 is 14.5 Å². The van der Waals surface area contributed by atoms with Gasteiger partial charge >= 0.3 is 5.97 Å². The molecule has 38 heavy (non-hydrogen) atoms. The van der Waals surface area contributed by atoms with Crippen molar-refractivity contribution < 1.29 is 13.9 Å². The van der Waals surface area contributed by atoms with Crippen molar-refractivity contribution in [1.82, 2.24) is 14.6 Å². The summed E-state index contributed by atoms with van der Waals surface area (Å²) in [6, 6.07) is 16.0. The number of carbonyl (C=O) groups is 1. The average Bonchev–Trinajstić information content (AvgIpc) is 3.23. The molecule has 0 saturated heterocycles. The fraction of sp³-hybridized carbons (Fsp3) is 0.267. The molecule has 0 fully saturated rings. The van der Waals surface area contributed by atoms with Gasteiger partial charge in [0, 0.05) is 29.1 Å². The number of aryl methyl sites for hydroxylation is 2. The molecule has 0 aliphatic carbocycles. The van der Waals surface area contributed by atoms with Gasteiger partial charge in [0.2, 0.25) is 0 Å². The summed E-state index contributed by atoms with van der Waals surface area (Å²) in [6.07, 6.45) is 1.86. The lowest BCUT2D eigenvalue weighted by Crippen LogP contribution is -2.24. The number of anilines is 1. The third-order valence-electron chi connectivity index (χ3n) is 6.25. The summed E-state index contributed by atoms with van der Waals surface area (Å²) in [5.41, 5.74) is 3.94. The van der Waals surface area contributed by atoms with Crippen LogP contribution in [0.1, 0.15) is 61.0 Å². The largest absolute Gasteiger partial charge is 0.456 e. The van der Waals surface area contributed by atoms with Gasteiger partial charge in [-0.3, -0.25) is 9.20 Å². The van der Waals surface area contributed by atoms with Crippen LogP contribution >= 0.6 is 0 Å². The molecule has 8 nitrogen and oxygen atoms in total. The summed E-state index contributed by atoms with van der Waals surface area (Å²) >= 11 is 0. The van der Waals surface area contributed by atoms with E-state index in [-0.39, 0.29) is 11.5 Å². The lowest BCUT2D eigenvalue weighted by molar-refractivity contribution is 0.00706. The lowest BCUT2D eigenvalue weighted by Gasteiger charge is -2.22.